The number of hydrogen-bond acceptors (Lipinski definition) is 7. The van der Waals surface area contributed by atoms with Crippen LogP contribution in [0.3, 0.4) is 0 Å². The van der Waals surface area contributed by atoms with Gasteiger partial charge in [0.15, 0.2) is 0 Å². The third-order valence-corrected chi connectivity index (χ3v) is 4.19. The van der Waals surface area contributed by atoms with Crippen LogP contribution in [0, 0.1) is 11.8 Å². The molecule has 3 N–H and O–H groups in total. The molecule has 2 atom stereocenters. The Hall–Kier alpha value is -3.89. The van der Waals surface area contributed by atoms with Gasteiger partial charge in [0.2, 0.25) is 18.0 Å². The fourth-order valence-electron chi connectivity index (χ4n) is 2.84. The van der Waals surface area contributed by atoms with Gasteiger partial charge in [0.05, 0.1) is 24.8 Å². The zero-order valence-electron chi connectivity index (χ0n) is 16.2. The zero-order valence-corrected chi connectivity index (χ0v) is 16.2. The van der Waals surface area contributed by atoms with E-state index in [-0.39, 0.29) is 16.8 Å². The largest absolute Gasteiger partial charge is 0.478 e. The van der Waals surface area contributed by atoms with Crippen LogP contribution in [0.15, 0.2) is 36.4 Å². The van der Waals surface area contributed by atoms with E-state index in [1.54, 1.807) is 0 Å². The van der Waals surface area contributed by atoms with E-state index in [9.17, 15) is 33.1 Å². The highest BCUT2D eigenvalue weighted by Crippen LogP contribution is 2.27. The Kier molecular flexibility index (Phi) is 7.72. The molecule has 11 heteroatoms. The number of halogens is 2. The number of carbonyl (C=O) groups excluding carboxylic acids is 3. The summed E-state index contributed by atoms with van der Waals surface area (Å²) in [6.45, 7) is 0. The molecular formula is C20H18F2N2O7. The summed E-state index contributed by atoms with van der Waals surface area (Å²) in [5, 5.41) is 9.56. The second-order valence-electron chi connectivity index (χ2n) is 6.42. The van der Waals surface area contributed by atoms with E-state index >= 15 is 0 Å². The van der Waals surface area contributed by atoms with Crippen molar-refractivity contribution < 1.29 is 42.5 Å². The van der Waals surface area contributed by atoms with Gasteiger partial charge in [0, 0.05) is 18.4 Å². The second kappa shape index (κ2) is 10.2. The predicted octanol–water partition coefficient (Wildman–Crippen LogP) is 1.34. The fraction of sp³-hybridized carbons (Fsp3) is 0.250. The summed E-state index contributed by atoms with van der Waals surface area (Å²) in [6.07, 6.45) is -3.04. The SMILES string of the molecule is COC(=O)c1ccc(C(CC(N)=O)C(OC(=O)Cc2cc(F)cc(F)n2)C(=O)O)cc1. The highest BCUT2D eigenvalue weighted by molar-refractivity contribution is 5.89. The average molecular weight is 436 g/mol. The molecule has 9 nitrogen and oxygen atoms in total. The van der Waals surface area contributed by atoms with Gasteiger partial charge in [-0.25, -0.2) is 19.0 Å². The predicted molar refractivity (Wildman–Crippen MR) is 99.7 cm³/mol. The lowest BCUT2D eigenvalue weighted by atomic mass is 9.89. The van der Waals surface area contributed by atoms with Gasteiger partial charge in [0.1, 0.15) is 5.82 Å². The van der Waals surface area contributed by atoms with Gasteiger partial charge in [-0.1, -0.05) is 12.1 Å². The molecule has 0 spiro atoms. The lowest BCUT2D eigenvalue weighted by molar-refractivity contribution is -0.165. The van der Waals surface area contributed by atoms with Crippen molar-refractivity contribution in [3.05, 3.63) is 65.0 Å². The van der Waals surface area contributed by atoms with E-state index in [1.807, 2.05) is 0 Å². The number of primary amides is 1. The number of nitrogens with two attached hydrogens (primary N) is 1. The quantitative estimate of drug-likeness (QED) is 0.442. The summed E-state index contributed by atoms with van der Waals surface area (Å²) < 4.78 is 36.0. The minimum atomic E-state index is -1.85. The van der Waals surface area contributed by atoms with Gasteiger partial charge in [-0.2, -0.15) is 4.39 Å². The first-order valence-electron chi connectivity index (χ1n) is 8.81. The van der Waals surface area contributed by atoms with Crippen LogP contribution in [0.4, 0.5) is 8.78 Å². The van der Waals surface area contributed by atoms with Crippen molar-refractivity contribution in [2.24, 2.45) is 5.73 Å². The summed E-state index contributed by atoms with van der Waals surface area (Å²) >= 11 is 0. The number of carboxylic acid groups (broad SMARTS) is 1. The number of esters is 2. The summed E-state index contributed by atoms with van der Waals surface area (Å²) in [7, 11) is 1.19. The monoisotopic (exact) mass is 436 g/mol. The lowest BCUT2D eigenvalue weighted by Gasteiger charge is -2.23. The van der Waals surface area contributed by atoms with Gasteiger partial charge in [-0.05, 0) is 23.8 Å². The zero-order chi connectivity index (χ0) is 23.1. The Morgan fingerprint density at radius 3 is 2.29 bits per heavy atom. The standard InChI is InChI=1S/C20H18F2N2O7/c1-30-20(29)11-4-2-10(3-5-11)14(9-16(23)25)18(19(27)28)31-17(26)8-13-6-12(21)7-15(22)24-13/h2-7,14,18H,8-9H2,1H3,(H2,23,25)(H,27,28). The van der Waals surface area contributed by atoms with Crippen LogP contribution >= 0.6 is 0 Å². The number of rotatable bonds is 9. The number of methoxy groups -OCH3 is 1. The van der Waals surface area contributed by atoms with Crippen LogP contribution in [0.25, 0.3) is 0 Å². The highest BCUT2D eigenvalue weighted by Gasteiger charge is 2.34. The van der Waals surface area contributed by atoms with Crippen molar-refractivity contribution in [1.29, 1.82) is 0 Å². The second-order valence-corrected chi connectivity index (χ2v) is 6.42. The Bertz CT molecular complexity index is 975. The first-order chi connectivity index (χ1) is 14.6. The summed E-state index contributed by atoms with van der Waals surface area (Å²) in [5.74, 6) is -7.52. The molecule has 2 unspecified atom stereocenters. The van der Waals surface area contributed by atoms with Gasteiger partial charge in [-0.3, -0.25) is 9.59 Å². The number of carboxylic acids is 1. The molecule has 1 aromatic carbocycles. The average Bonchev–Trinajstić information content (AvgIpc) is 2.69. The number of amides is 1. The molecular weight excluding hydrogens is 418 g/mol. The molecule has 0 aliphatic carbocycles. The molecule has 1 aromatic heterocycles. The molecule has 0 saturated heterocycles. The van der Waals surface area contributed by atoms with E-state index in [0.29, 0.717) is 6.07 Å². The molecule has 0 saturated carbocycles. The molecule has 0 bridgehead atoms. The van der Waals surface area contributed by atoms with E-state index < -0.39 is 60.4 Å². The maximum absolute atomic E-state index is 13.3. The number of hydrogen-bond donors (Lipinski definition) is 2. The third kappa shape index (κ3) is 6.56. The lowest BCUT2D eigenvalue weighted by Crippen LogP contribution is -2.36. The van der Waals surface area contributed by atoms with Crippen LogP contribution in [-0.2, 0) is 30.3 Å². The van der Waals surface area contributed by atoms with E-state index in [1.165, 1.54) is 31.4 Å². The number of aliphatic carboxylic acids is 1. The topological polar surface area (TPSA) is 146 Å². The summed E-state index contributed by atoms with van der Waals surface area (Å²) in [4.78, 5) is 50.4. The molecule has 1 amide bonds. The maximum Gasteiger partial charge on any atom is 0.345 e. The molecule has 2 aromatic rings. The van der Waals surface area contributed by atoms with Crippen molar-refractivity contribution in [3.8, 4) is 0 Å². The van der Waals surface area contributed by atoms with Gasteiger partial charge >= 0.3 is 17.9 Å². The van der Waals surface area contributed by atoms with Crippen molar-refractivity contribution in [2.75, 3.05) is 7.11 Å². The maximum atomic E-state index is 13.3. The fourth-order valence-corrected chi connectivity index (χ4v) is 2.84. The minimum absolute atomic E-state index is 0.173. The van der Waals surface area contributed by atoms with Crippen LogP contribution in [-0.4, -0.2) is 47.1 Å². The number of carbonyl (C=O) groups is 4. The number of nitrogens with zero attached hydrogens (tertiary/aromatic N) is 1. The van der Waals surface area contributed by atoms with E-state index in [2.05, 4.69) is 9.72 Å². The Morgan fingerprint density at radius 1 is 1.13 bits per heavy atom. The van der Waals surface area contributed by atoms with Gasteiger partial charge in [-0.15, -0.1) is 0 Å². The molecule has 1 heterocycles. The normalized spacial score (nSPS) is 12.5. The van der Waals surface area contributed by atoms with Crippen LogP contribution in [0.2, 0.25) is 0 Å². The number of benzene rings is 1. The Labute approximate surface area is 174 Å². The third-order valence-electron chi connectivity index (χ3n) is 4.19. The summed E-state index contributed by atoms with van der Waals surface area (Å²) in [5.41, 5.74) is 5.34. The molecule has 0 radical (unpaired) electrons. The smallest absolute Gasteiger partial charge is 0.345 e. The molecule has 0 fully saturated rings. The Balaban J connectivity index is 2.28. The van der Waals surface area contributed by atoms with Gasteiger partial charge < -0.3 is 20.3 Å². The molecule has 2 rings (SSSR count). The van der Waals surface area contributed by atoms with Crippen LogP contribution in [0.5, 0.6) is 0 Å². The van der Waals surface area contributed by atoms with Crippen molar-refractivity contribution in [2.45, 2.75) is 24.9 Å². The number of ether oxygens (including phenoxy) is 2. The summed E-state index contributed by atoms with van der Waals surface area (Å²) in [6, 6.07) is 6.73. The first-order valence-corrected chi connectivity index (χ1v) is 8.81. The van der Waals surface area contributed by atoms with Crippen molar-refractivity contribution >= 4 is 23.8 Å². The van der Waals surface area contributed by atoms with Gasteiger partial charge in [0.25, 0.3) is 0 Å². The Morgan fingerprint density at radius 2 is 1.77 bits per heavy atom. The molecule has 31 heavy (non-hydrogen) atoms. The molecule has 164 valence electrons. The molecule has 0 aliphatic heterocycles. The minimum Gasteiger partial charge on any atom is -0.478 e. The number of pyridine rings is 1. The van der Waals surface area contributed by atoms with Crippen molar-refractivity contribution in [1.82, 2.24) is 4.98 Å². The van der Waals surface area contributed by atoms with Crippen molar-refractivity contribution in [3.63, 3.8) is 0 Å². The van der Waals surface area contributed by atoms with E-state index in [0.717, 1.165) is 6.07 Å². The molecule has 0 aliphatic rings. The van der Waals surface area contributed by atoms with Crippen LogP contribution < -0.4 is 5.73 Å². The van der Waals surface area contributed by atoms with Crippen LogP contribution in [0.1, 0.15) is 34.0 Å². The van der Waals surface area contributed by atoms with E-state index in [4.69, 9.17) is 10.5 Å². The first kappa shape index (κ1) is 23.4. The number of aromatic nitrogens is 1. The highest BCUT2D eigenvalue weighted by atomic mass is 19.1.